The molecule has 3 aromatic rings. The second-order valence-electron chi connectivity index (χ2n) is 6.59. The van der Waals surface area contributed by atoms with Crippen molar-refractivity contribution in [2.75, 3.05) is 13.1 Å². The van der Waals surface area contributed by atoms with Crippen molar-refractivity contribution >= 4 is 17.2 Å². The van der Waals surface area contributed by atoms with Crippen molar-refractivity contribution in [3.8, 4) is 11.4 Å². The highest BCUT2D eigenvalue weighted by Gasteiger charge is 2.22. The van der Waals surface area contributed by atoms with E-state index in [1.807, 2.05) is 24.3 Å². The molecule has 0 aliphatic carbocycles. The molecule has 1 saturated heterocycles. The van der Waals surface area contributed by atoms with Gasteiger partial charge in [-0.1, -0.05) is 24.3 Å². The summed E-state index contributed by atoms with van der Waals surface area (Å²) < 4.78 is 0. The molecule has 2 aromatic heterocycles. The van der Waals surface area contributed by atoms with Crippen LogP contribution in [0.25, 0.3) is 11.4 Å². The zero-order valence-corrected chi connectivity index (χ0v) is 15.3. The smallest absolute Gasteiger partial charge is 0.252 e. The van der Waals surface area contributed by atoms with E-state index in [0.717, 1.165) is 43.9 Å². The number of hydrogen-bond donors (Lipinski definition) is 2. The van der Waals surface area contributed by atoms with Crippen LogP contribution in [0.2, 0.25) is 0 Å². The van der Waals surface area contributed by atoms with Gasteiger partial charge in [0.15, 0.2) is 0 Å². The normalized spacial score (nSPS) is 15.8. The maximum absolute atomic E-state index is 12.8. The second-order valence-corrected chi connectivity index (χ2v) is 7.62. The summed E-state index contributed by atoms with van der Waals surface area (Å²) in [6.45, 7) is 3.05. The Hall–Kier alpha value is -2.44. The Morgan fingerprint density at radius 3 is 2.81 bits per heavy atom. The standard InChI is InChI=1S/C20H22N4OS/c25-20(18-6-2-1-5-17(18)19-21-9-10-22-19)23-15-7-11-24(12-8-15)14-16-4-3-13-26-16/h1-6,9-10,13,15H,7-8,11-12,14H2,(H,21,22)(H,23,25). The summed E-state index contributed by atoms with van der Waals surface area (Å²) in [7, 11) is 0. The highest BCUT2D eigenvalue weighted by atomic mass is 32.1. The zero-order chi connectivity index (χ0) is 17.8. The number of carbonyl (C=O) groups excluding carboxylic acids is 1. The Labute approximate surface area is 157 Å². The van der Waals surface area contributed by atoms with Gasteiger partial charge in [0.1, 0.15) is 5.82 Å². The molecule has 2 N–H and O–H groups in total. The Morgan fingerprint density at radius 2 is 2.08 bits per heavy atom. The summed E-state index contributed by atoms with van der Waals surface area (Å²) in [6, 6.07) is 12.1. The van der Waals surface area contributed by atoms with Crippen LogP contribution >= 0.6 is 11.3 Å². The van der Waals surface area contributed by atoms with Crippen molar-refractivity contribution in [3.05, 3.63) is 64.6 Å². The third-order valence-electron chi connectivity index (χ3n) is 4.81. The third-order valence-corrected chi connectivity index (χ3v) is 5.67. The fourth-order valence-electron chi connectivity index (χ4n) is 3.42. The van der Waals surface area contributed by atoms with E-state index in [1.54, 1.807) is 23.7 Å². The number of aromatic amines is 1. The van der Waals surface area contributed by atoms with Crippen LogP contribution in [0.4, 0.5) is 0 Å². The van der Waals surface area contributed by atoms with Gasteiger partial charge >= 0.3 is 0 Å². The van der Waals surface area contributed by atoms with Crippen molar-refractivity contribution in [3.63, 3.8) is 0 Å². The topological polar surface area (TPSA) is 61.0 Å². The monoisotopic (exact) mass is 366 g/mol. The molecular weight excluding hydrogens is 344 g/mol. The lowest BCUT2D eigenvalue weighted by Crippen LogP contribution is -2.44. The number of hydrogen-bond acceptors (Lipinski definition) is 4. The molecule has 4 rings (SSSR count). The Kier molecular flexibility index (Phi) is 5.13. The maximum Gasteiger partial charge on any atom is 0.252 e. The lowest BCUT2D eigenvalue weighted by Gasteiger charge is -2.32. The van der Waals surface area contributed by atoms with Gasteiger partial charge in [-0.05, 0) is 30.4 Å². The van der Waals surface area contributed by atoms with Gasteiger partial charge in [0.25, 0.3) is 5.91 Å². The molecule has 0 bridgehead atoms. The van der Waals surface area contributed by atoms with Gasteiger partial charge in [0.05, 0.1) is 5.56 Å². The van der Waals surface area contributed by atoms with Crippen LogP contribution in [0.15, 0.2) is 54.2 Å². The number of carbonyl (C=O) groups is 1. The van der Waals surface area contributed by atoms with E-state index in [-0.39, 0.29) is 11.9 Å². The SMILES string of the molecule is O=C(NC1CCN(Cc2cccs2)CC1)c1ccccc1-c1ncc[nH]1. The van der Waals surface area contributed by atoms with Crippen molar-refractivity contribution < 1.29 is 4.79 Å². The molecule has 0 spiro atoms. The predicted molar refractivity (Wildman–Crippen MR) is 104 cm³/mol. The second kappa shape index (κ2) is 7.85. The van der Waals surface area contributed by atoms with E-state index in [1.165, 1.54) is 4.88 Å². The minimum Gasteiger partial charge on any atom is -0.349 e. The number of amides is 1. The number of rotatable bonds is 5. The molecule has 1 aliphatic heterocycles. The first-order valence-corrected chi connectivity index (χ1v) is 9.82. The molecule has 6 heteroatoms. The molecule has 1 amide bonds. The first kappa shape index (κ1) is 17.0. The van der Waals surface area contributed by atoms with Gasteiger partial charge in [0, 0.05) is 48.5 Å². The predicted octanol–water partition coefficient (Wildman–Crippen LogP) is 3.53. The molecule has 0 unspecified atom stereocenters. The third kappa shape index (κ3) is 3.86. The molecule has 26 heavy (non-hydrogen) atoms. The van der Waals surface area contributed by atoms with Gasteiger partial charge < -0.3 is 10.3 Å². The number of thiophene rings is 1. The van der Waals surface area contributed by atoms with Crippen molar-refractivity contribution in [1.82, 2.24) is 20.2 Å². The van der Waals surface area contributed by atoms with Gasteiger partial charge in [-0.3, -0.25) is 9.69 Å². The van der Waals surface area contributed by atoms with Crippen LogP contribution in [0, 0.1) is 0 Å². The molecule has 1 fully saturated rings. The summed E-state index contributed by atoms with van der Waals surface area (Å²) in [5, 5.41) is 5.34. The summed E-state index contributed by atoms with van der Waals surface area (Å²) in [4.78, 5) is 24.0. The van der Waals surface area contributed by atoms with E-state index in [9.17, 15) is 4.79 Å². The average Bonchev–Trinajstić information content (AvgIpc) is 3.37. The number of aromatic nitrogens is 2. The minimum atomic E-state index is -0.0197. The highest BCUT2D eigenvalue weighted by molar-refractivity contribution is 7.09. The molecule has 3 heterocycles. The molecule has 1 aromatic carbocycles. The van der Waals surface area contributed by atoms with Gasteiger partial charge in [-0.25, -0.2) is 4.98 Å². The molecular formula is C20H22N4OS. The first-order chi connectivity index (χ1) is 12.8. The van der Waals surface area contributed by atoms with Gasteiger partial charge in [-0.15, -0.1) is 11.3 Å². The van der Waals surface area contributed by atoms with E-state index in [2.05, 4.69) is 37.7 Å². The largest absolute Gasteiger partial charge is 0.349 e. The number of likely N-dealkylation sites (tertiary alicyclic amines) is 1. The molecule has 0 radical (unpaired) electrons. The number of imidazole rings is 1. The molecule has 5 nitrogen and oxygen atoms in total. The zero-order valence-electron chi connectivity index (χ0n) is 14.5. The van der Waals surface area contributed by atoms with Crippen LogP contribution in [-0.4, -0.2) is 39.9 Å². The molecule has 0 atom stereocenters. The van der Waals surface area contributed by atoms with E-state index in [4.69, 9.17) is 0 Å². The van der Waals surface area contributed by atoms with Crippen molar-refractivity contribution in [2.45, 2.75) is 25.4 Å². The molecule has 134 valence electrons. The Balaban J connectivity index is 1.36. The van der Waals surface area contributed by atoms with Crippen LogP contribution in [0.3, 0.4) is 0 Å². The van der Waals surface area contributed by atoms with Crippen LogP contribution < -0.4 is 5.32 Å². The van der Waals surface area contributed by atoms with Crippen LogP contribution in [0.5, 0.6) is 0 Å². The number of H-pyrrole nitrogens is 1. The van der Waals surface area contributed by atoms with Gasteiger partial charge in [-0.2, -0.15) is 0 Å². The molecule has 0 saturated carbocycles. The summed E-state index contributed by atoms with van der Waals surface area (Å²) in [5.41, 5.74) is 1.51. The summed E-state index contributed by atoms with van der Waals surface area (Å²) in [5.74, 6) is 0.704. The lowest BCUT2D eigenvalue weighted by molar-refractivity contribution is 0.0910. The fraction of sp³-hybridized carbons (Fsp3) is 0.300. The quantitative estimate of drug-likeness (QED) is 0.726. The summed E-state index contributed by atoms with van der Waals surface area (Å²) in [6.07, 6.45) is 5.45. The number of nitrogens with one attached hydrogen (secondary N) is 2. The van der Waals surface area contributed by atoms with Crippen molar-refractivity contribution in [2.24, 2.45) is 0 Å². The number of piperidine rings is 1. The van der Waals surface area contributed by atoms with Crippen LogP contribution in [-0.2, 0) is 6.54 Å². The van der Waals surface area contributed by atoms with E-state index >= 15 is 0 Å². The Morgan fingerprint density at radius 1 is 1.23 bits per heavy atom. The molecule has 1 aliphatic rings. The van der Waals surface area contributed by atoms with Crippen molar-refractivity contribution in [1.29, 1.82) is 0 Å². The summed E-state index contributed by atoms with van der Waals surface area (Å²) >= 11 is 1.81. The fourth-order valence-corrected chi connectivity index (χ4v) is 4.17. The van der Waals surface area contributed by atoms with E-state index < -0.39 is 0 Å². The lowest BCUT2D eigenvalue weighted by atomic mass is 10.0. The maximum atomic E-state index is 12.8. The average molecular weight is 366 g/mol. The number of benzene rings is 1. The van der Waals surface area contributed by atoms with Crippen LogP contribution in [0.1, 0.15) is 28.1 Å². The van der Waals surface area contributed by atoms with E-state index in [0.29, 0.717) is 5.56 Å². The highest BCUT2D eigenvalue weighted by Crippen LogP contribution is 2.21. The number of nitrogens with zero attached hydrogens (tertiary/aromatic N) is 2. The first-order valence-electron chi connectivity index (χ1n) is 8.94. The minimum absolute atomic E-state index is 0.0197. The Bertz CT molecular complexity index is 837. The van der Waals surface area contributed by atoms with Gasteiger partial charge in [0.2, 0.25) is 0 Å².